The van der Waals surface area contributed by atoms with Crippen LogP contribution in [0.4, 0.5) is 4.79 Å². The number of esters is 1. The van der Waals surface area contributed by atoms with Gasteiger partial charge in [-0.3, -0.25) is 19.4 Å². The number of carboxylic acid groups (broad SMARTS) is 1. The van der Waals surface area contributed by atoms with Crippen LogP contribution < -0.4 is 10.6 Å². The molecule has 2 amide bonds. The lowest BCUT2D eigenvalue weighted by atomic mass is 9.37. The average molecular weight is 718 g/mol. The molecule has 5 unspecified atom stereocenters. The molecule has 0 aromatic carbocycles. The highest BCUT2D eigenvalue weighted by Gasteiger charge is 2.67. The van der Waals surface area contributed by atoms with Gasteiger partial charge < -0.3 is 20.5 Å². The average Bonchev–Trinajstić information content (AvgIpc) is 3.33. The number of ether oxygens (including phenoxy) is 1. The number of Topliss-reactive ketones (excluding diaryl/α,β-unsaturated/α-hetero) is 1. The van der Waals surface area contributed by atoms with Crippen molar-refractivity contribution in [3.63, 3.8) is 0 Å². The normalized spacial score (nSPS) is 35.5. The van der Waals surface area contributed by atoms with Crippen LogP contribution in [-0.4, -0.2) is 45.5 Å². The molecule has 3 N–H and O–H groups in total. The number of fused-ring (bicyclic) bond motifs is 7. The molecule has 0 bridgehead atoms. The molecule has 1 heterocycles. The Balaban J connectivity index is 1.25. The molecule has 286 valence electrons. The highest BCUT2D eigenvalue weighted by atomic mass is 16.5. The fourth-order valence-corrected chi connectivity index (χ4v) is 12.6. The second-order valence-electron chi connectivity index (χ2n) is 19.8. The minimum atomic E-state index is -1.17. The third-order valence-corrected chi connectivity index (χ3v) is 15.1. The van der Waals surface area contributed by atoms with Crippen molar-refractivity contribution >= 4 is 23.8 Å². The van der Waals surface area contributed by atoms with Crippen LogP contribution >= 0.6 is 0 Å². The number of nitrogens with zero attached hydrogens (tertiary/aromatic N) is 1. The third-order valence-electron chi connectivity index (χ3n) is 15.1. The number of amides is 2. The van der Waals surface area contributed by atoms with Gasteiger partial charge in [-0.15, -0.1) is 0 Å². The minimum Gasteiger partial charge on any atom is -0.481 e. The fourth-order valence-electron chi connectivity index (χ4n) is 12.6. The monoisotopic (exact) mass is 717 g/mol. The number of hydrogen-bond acceptors (Lipinski definition) is 6. The molecule has 0 aliphatic heterocycles. The highest BCUT2D eigenvalue weighted by molar-refractivity contribution is 6.02. The lowest BCUT2D eigenvalue weighted by Crippen LogP contribution is -2.64. The topological polar surface area (TPSA) is 135 Å². The van der Waals surface area contributed by atoms with Crippen molar-refractivity contribution in [2.45, 2.75) is 151 Å². The number of hydrogen-bond donors (Lipinski definition) is 3. The summed E-state index contributed by atoms with van der Waals surface area (Å²) >= 11 is 0. The van der Waals surface area contributed by atoms with Gasteiger partial charge in [0.05, 0.1) is 28.6 Å². The summed E-state index contributed by atoms with van der Waals surface area (Å²) in [5, 5.41) is 16.2. The van der Waals surface area contributed by atoms with E-state index < -0.39 is 28.4 Å². The van der Waals surface area contributed by atoms with E-state index in [1.807, 2.05) is 32.0 Å². The molecule has 6 rings (SSSR count). The number of allylic oxidation sites excluding steroid dienone is 1. The molecule has 9 heteroatoms. The number of carboxylic acids is 1. The van der Waals surface area contributed by atoms with E-state index in [2.05, 4.69) is 57.2 Å². The highest BCUT2D eigenvalue weighted by Crippen LogP contribution is 2.72. The van der Waals surface area contributed by atoms with Crippen LogP contribution in [0.1, 0.15) is 139 Å². The van der Waals surface area contributed by atoms with Crippen LogP contribution in [-0.2, 0) is 24.7 Å². The number of urea groups is 1. The van der Waals surface area contributed by atoms with E-state index in [4.69, 9.17) is 4.74 Å². The Hall–Kier alpha value is -3.23. The lowest BCUT2D eigenvalue weighted by Gasteiger charge is -2.68. The Morgan fingerprint density at radius 1 is 0.942 bits per heavy atom. The van der Waals surface area contributed by atoms with E-state index in [1.165, 1.54) is 5.57 Å². The number of rotatable bonds is 8. The number of aliphatic carboxylic acids is 1. The van der Waals surface area contributed by atoms with Crippen LogP contribution in [0.25, 0.3) is 0 Å². The van der Waals surface area contributed by atoms with Crippen LogP contribution in [0.3, 0.4) is 0 Å². The van der Waals surface area contributed by atoms with Crippen LogP contribution in [0.15, 0.2) is 35.5 Å². The van der Waals surface area contributed by atoms with Gasteiger partial charge in [0.25, 0.3) is 0 Å². The van der Waals surface area contributed by atoms with Crippen LogP contribution in [0.2, 0.25) is 0 Å². The predicted octanol–water partition coefficient (Wildman–Crippen LogP) is 8.37. The van der Waals surface area contributed by atoms with E-state index in [-0.39, 0.29) is 52.4 Å². The third kappa shape index (κ3) is 6.19. The zero-order chi connectivity index (χ0) is 38.2. The number of aromatic nitrogens is 1. The van der Waals surface area contributed by atoms with E-state index in [1.54, 1.807) is 20.0 Å². The van der Waals surface area contributed by atoms with Gasteiger partial charge in [-0.2, -0.15) is 0 Å². The van der Waals surface area contributed by atoms with Crippen molar-refractivity contribution in [2.24, 2.45) is 51.2 Å². The predicted molar refractivity (Wildman–Crippen MR) is 200 cm³/mol. The minimum absolute atomic E-state index is 0.0647. The van der Waals surface area contributed by atoms with Crippen LogP contribution in [0.5, 0.6) is 0 Å². The molecular weight excluding hydrogens is 654 g/mol. The molecule has 4 saturated carbocycles. The fraction of sp³-hybridized carbons (Fsp3) is 0.744. The Kier molecular flexibility index (Phi) is 9.60. The molecule has 0 spiro atoms. The first-order valence-electron chi connectivity index (χ1n) is 19.8. The number of ketones is 1. The summed E-state index contributed by atoms with van der Waals surface area (Å²) in [6, 6.07) is 5.45. The van der Waals surface area contributed by atoms with Gasteiger partial charge in [-0.25, -0.2) is 4.79 Å². The maximum absolute atomic E-state index is 13.9. The largest absolute Gasteiger partial charge is 0.481 e. The second-order valence-corrected chi connectivity index (χ2v) is 19.8. The van der Waals surface area contributed by atoms with E-state index >= 15 is 0 Å². The molecular formula is C43H63N3O6. The van der Waals surface area contributed by atoms with E-state index in [0.29, 0.717) is 24.2 Å². The number of carbonyl (C=O) groups is 4. The van der Waals surface area contributed by atoms with Crippen molar-refractivity contribution < 1.29 is 29.0 Å². The van der Waals surface area contributed by atoms with Gasteiger partial charge in [-0.1, -0.05) is 47.6 Å². The number of nitrogens with one attached hydrogen (secondary N) is 2. The molecule has 1 aromatic rings. The van der Waals surface area contributed by atoms with Gasteiger partial charge in [0, 0.05) is 18.0 Å². The quantitative estimate of drug-likeness (QED) is 0.230. The van der Waals surface area contributed by atoms with Crippen molar-refractivity contribution in [1.29, 1.82) is 0 Å². The molecule has 0 saturated heterocycles. The molecule has 52 heavy (non-hydrogen) atoms. The first kappa shape index (κ1) is 38.5. The smallest absolute Gasteiger partial charge is 0.316 e. The van der Waals surface area contributed by atoms with Crippen LogP contribution in [0, 0.1) is 51.2 Å². The summed E-state index contributed by atoms with van der Waals surface area (Å²) in [7, 11) is 0. The Morgan fingerprint density at radius 3 is 2.27 bits per heavy atom. The maximum atomic E-state index is 13.9. The summed E-state index contributed by atoms with van der Waals surface area (Å²) in [4.78, 5) is 57.1. The van der Waals surface area contributed by atoms with Gasteiger partial charge in [-0.05, 0) is 143 Å². The molecule has 5 aliphatic rings. The van der Waals surface area contributed by atoms with Gasteiger partial charge in [0.15, 0.2) is 5.78 Å². The first-order chi connectivity index (χ1) is 24.1. The Bertz CT molecular complexity index is 1650. The molecule has 0 radical (unpaired) electrons. The first-order valence-corrected chi connectivity index (χ1v) is 19.8. The van der Waals surface area contributed by atoms with Crippen molar-refractivity contribution in [2.75, 3.05) is 0 Å². The molecule has 9 nitrogen and oxygen atoms in total. The van der Waals surface area contributed by atoms with Crippen molar-refractivity contribution in [3.8, 4) is 0 Å². The van der Waals surface area contributed by atoms with E-state index in [9.17, 15) is 24.3 Å². The summed E-state index contributed by atoms with van der Waals surface area (Å²) < 4.78 is 6.14. The Labute approximate surface area is 310 Å². The molecule has 5 aliphatic carbocycles. The van der Waals surface area contributed by atoms with Gasteiger partial charge >= 0.3 is 18.0 Å². The SMILES string of the molecule is CC(C)C1=C2C3CCC4C5(C)CC[C@H](OC(=O)CC(C)(C)C(=O)O)C(C)(C)C5CC[C@@]4(C)C3CC[C@@]2(NC(=O)NC(C)(C)c2ccccn2)CC1=O. The van der Waals surface area contributed by atoms with Gasteiger partial charge in [0.1, 0.15) is 6.10 Å². The second kappa shape index (κ2) is 13.0. The molecule has 1 aromatic heterocycles. The van der Waals surface area contributed by atoms with E-state index in [0.717, 1.165) is 62.6 Å². The van der Waals surface area contributed by atoms with Crippen molar-refractivity contribution in [3.05, 3.63) is 41.2 Å². The number of carbonyl (C=O) groups excluding carboxylic acids is 3. The maximum Gasteiger partial charge on any atom is 0.316 e. The van der Waals surface area contributed by atoms with Crippen molar-refractivity contribution in [1.82, 2.24) is 15.6 Å². The lowest BCUT2D eigenvalue weighted by molar-refractivity contribution is -0.213. The zero-order valence-electron chi connectivity index (χ0n) is 33.3. The number of pyridine rings is 1. The van der Waals surface area contributed by atoms with Gasteiger partial charge in [0.2, 0.25) is 0 Å². The Morgan fingerprint density at radius 2 is 1.63 bits per heavy atom. The summed E-state index contributed by atoms with van der Waals surface area (Å²) in [6.45, 7) is 20.8. The summed E-state index contributed by atoms with van der Waals surface area (Å²) in [6.07, 6.45) is 9.31. The molecule has 4 fully saturated rings. The summed E-state index contributed by atoms with van der Waals surface area (Å²) in [5.41, 5.74) is 0.291. The molecule has 8 atom stereocenters. The summed E-state index contributed by atoms with van der Waals surface area (Å²) in [5.74, 6) is 0.348. The standard InChI is InChI=1S/C43H63N3O6/c1-25(2)34-28(47)23-43(46-37(51)45-40(7,8)31-13-11-12-22-44-31)21-16-27-26(35(34)43)14-15-30-41(27,9)19-17-29-39(5,6)32(18-20-42(29,30)10)52-33(48)24-38(3,4)36(49)50/h11-13,22,25-27,29-30,32H,14-21,23-24H2,1-10H3,(H,49,50)(H2,45,46,51)/t26?,27?,29?,30?,32-,41-,42?,43+/m0/s1. The zero-order valence-corrected chi connectivity index (χ0v) is 33.3.